The minimum Gasteiger partial charge on any atom is -0.342 e. The van der Waals surface area contributed by atoms with Gasteiger partial charge in [0, 0.05) is 68.9 Å². The Morgan fingerprint density at radius 3 is 2.71 bits per heavy atom. The van der Waals surface area contributed by atoms with Gasteiger partial charge in [0.2, 0.25) is 5.91 Å². The lowest BCUT2D eigenvalue weighted by Gasteiger charge is -2.32. The van der Waals surface area contributed by atoms with Gasteiger partial charge in [-0.1, -0.05) is 0 Å². The first-order chi connectivity index (χ1) is 13.5. The van der Waals surface area contributed by atoms with E-state index in [1.54, 1.807) is 11.3 Å². The van der Waals surface area contributed by atoms with Crippen molar-refractivity contribution < 1.29 is 4.79 Å². The van der Waals surface area contributed by atoms with Crippen molar-refractivity contribution in [2.45, 2.75) is 32.2 Å². The fourth-order valence-corrected chi connectivity index (χ4v) is 5.23. The van der Waals surface area contributed by atoms with Crippen molar-refractivity contribution in [3.05, 3.63) is 34.0 Å². The van der Waals surface area contributed by atoms with Gasteiger partial charge in [-0.15, -0.1) is 11.3 Å². The topological polar surface area (TPSA) is 78.1 Å². The van der Waals surface area contributed by atoms with Crippen LogP contribution in [0.1, 0.15) is 34.2 Å². The molecule has 0 saturated carbocycles. The molecule has 8 heteroatoms. The summed E-state index contributed by atoms with van der Waals surface area (Å²) in [4.78, 5) is 23.3. The summed E-state index contributed by atoms with van der Waals surface area (Å²) in [7, 11) is 1.92. The molecule has 0 aliphatic carbocycles. The Morgan fingerprint density at radius 1 is 1.32 bits per heavy atom. The maximum atomic E-state index is 13.4. The van der Waals surface area contributed by atoms with Crippen molar-refractivity contribution in [2.75, 3.05) is 26.2 Å². The number of piperidine rings is 1. The highest BCUT2D eigenvalue weighted by atomic mass is 32.1. The standard InChI is InChI=1S/C20H26N6OS/c1-14-22-9-17(28-14)11-25-12-18(16-8-23-24(2)10-16)19(13-25)20(27)26-5-3-15(7-21)4-6-26/h8-10,15,18-19H,3-6,11-13H2,1-2H3/t18-,19+/m1/s1. The summed E-state index contributed by atoms with van der Waals surface area (Å²) < 4.78 is 1.81. The van der Waals surface area contributed by atoms with Crippen LogP contribution < -0.4 is 0 Å². The molecule has 4 heterocycles. The molecule has 2 saturated heterocycles. The molecule has 148 valence electrons. The van der Waals surface area contributed by atoms with E-state index in [9.17, 15) is 4.79 Å². The van der Waals surface area contributed by atoms with E-state index in [4.69, 9.17) is 5.26 Å². The van der Waals surface area contributed by atoms with Gasteiger partial charge in [0.15, 0.2) is 0 Å². The third-order valence-corrected chi connectivity index (χ3v) is 6.80. The van der Waals surface area contributed by atoms with Crippen molar-refractivity contribution in [3.8, 4) is 6.07 Å². The van der Waals surface area contributed by atoms with Gasteiger partial charge in [-0.25, -0.2) is 4.98 Å². The van der Waals surface area contributed by atoms with Crippen LogP contribution in [0.25, 0.3) is 0 Å². The van der Waals surface area contributed by atoms with Crippen molar-refractivity contribution in [1.82, 2.24) is 24.6 Å². The van der Waals surface area contributed by atoms with E-state index < -0.39 is 0 Å². The molecule has 0 N–H and O–H groups in total. The summed E-state index contributed by atoms with van der Waals surface area (Å²) in [5.74, 6) is 0.418. The fourth-order valence-electron chi connectivity index (χ4n) is 4.40. The van der Waals surface area contributed by atoms with Crippen molar-refractivity contribution in [3.63, 3.8) is 0 Å². The van der Waals surface area contributed by atoms with E-state index in [1.165, 1.54) is 4.88 Å². The molecule has 2 fully saturated rings. The third-order valence-electron chi connectivity index (χ3n) is 5.90. The number of aryl methyl sites for hydroxylation is 2. The van der Waals surface area contributed by atoms with Crippen LogP contribution in [0.3, 0.4) is 0 Å². The molecule has 2 aromatic rings. The first-order valence-electron chi connectivity index (χ1n) is 9.84. The second-order valence-electron chi connectivity index (χ2n) is 7.93. The van der Waals surface area contributed by atoms with E-state index >= 15 is 0 Å². The summed E-state index contributed by atoms with van der Waals surface area (Å²) in [5.41, 5.74) is 1.13. The van der Waals surface area contributed by atoms with E-state index in [1.807, 2.05) is 42.1 Å². The zero-order valence-corrected chi connectivity index (χ0v) is 17.2. The third kappa shape index (κ3) is 3.96. The number of amides is 1. The van der Waals surface area contributed by atoms with E-state index in [2.05, 4.69) is 21.1 Å². The molecule has 4 rings (SSSR count). The second-order valence-corrected chi connectivity index (χ2v) is 9.25. The Morgan fingerprint density at radius 2 is 2.11 bits per heavy atom. The molecule has 2 aliphatic heterocycles. The Bertz CT molecular complexity index is 875. The number of hydrogen-bond acceptors (Lipinski definition) is 6. The minimum atomic E-state index is -0.0585. The summed E-state index contributed by atoms with van der Waals surface area (Å²) in [5, 5.41) is 14.5. The van der Waals surface area contributed by atoms with Crippen molar-refractivity contribution in [1.29, 1.82) is 5.26 Å². The summed E-state index contributed by atoms with van der Waals surface area (Å²) in [6, 6.07) is 2.34. The van der Waals surface area contributed by atoms with Crippen molar-refractivity contribution >= 4 is 17.2 Å². The van der Waals surface area contributed by atoms with E-state index in [0.29, 0.717) is 13.1 Å². The number of carbonyl (C=O) groups is 1. The van der Waals surface area contributed by atoms with Crippen LogP contribution in [0.5, 0.6) is 0 Å². The number of likely N-dealkylation sites (tertiary alicyclic amines) is 2. The molecular weight excluding hydrogens is 372 g/mol. The zero-order chi connectivity index (χ0) is 19.7. The van der Waals surface area contributed by atoms with Gasteiger partial charge in [0.05, 0.1) is 23.2 Å². The number of carbonyl (C=O) groups excluding carboxylic acids is 1. The monoisotopic (exact) mass is 398 g/mol. The molecule has 1 amide bonds. The van der Waals surface area contributed by atoms with Gasteiger partial charge in [0.1, 0.15) is 0 Å². The van der Waals surface area contributed by atoms with Crippen LogP contribution in [0.4, 0.5) is 0 Å². The average molecular weight is 399 g/mol. The molecule has 0 spiro atoms. The first-order valence-corrected chi connectivity index (χ1v) is 10.7. The smallest absolute Gasteiger partial charge is 0.227 e. The average Bonchev–Trinajstić information content (AvgIpc) is 3.41. The molecule has 2 atom stereocenters. The molecule has 0 radical (unpaired) electrons. The quantitative estimate of drug-likeness (QED) is 0.789. The number of rotatable bonds is 4. The van der Waals surface area contributed by atoms with Crippen LogP contribution in [-0.2, 0) is 18.4 Å². The van der Waals surface area contributed by atoms with Gasteiger partial charge >= 0.3 is 0 Å². The zero-order valence-electron chi connectivity index (χ0n) is 16.4. The van der Waals surface area contributed by atoms with Crippen LogP contribution >= 0.6 is 11.3 Å². The minimum absolute atomic E-state index is 0.0585. The molecule has 0 aromatic carbocycles. The van der Waals surface area contributed by atoms with E-state index in [-0.39, 0.29) is 23.7 Å². The first kappa shape index (κ1) is 19.1. The summed E-state index contributed by atoms with van der Waals surface area (Å²) in [6.07, 6.45) is 7.45. The predicted octanol–water partition coefficient (Wildman–Crippen LogP) is 2.16. The Kier molecular flexibility index (Phi) is 5.47. The Balaban J connectivity index is 1.50. The Hall–Kier alpha value is -2.24. The van der Waals surface area contributed by atoms with Crippen LogP contribution in [0.2, 0.25) is 0 Å². The normalized spacial score (nSPS) is 23.8. The highest BCUT2D eigenvalue weighted by Gasteiger charge is 2.41. The lowest BCUT2D eigenvalue weighted by molar-refractivity contribution is -0.136. The highest BCUT2D eigenvalue weighted by Crippen LogP contribution is 2.35. The van der Waals surface area contributed by atoms with Crippen LogP contribution in [0, 0.1) is 30.1 Å². The fraction of sp³-hybridized carbons (Fsp3) is 0.600. The van der Waals surface area contributed by atoms with Gasteiger partial charge < -0.3 is 4.90 Å². The maximum Gasteiger partial charge on any atom is 0.227 e. The number of nitriles is 1. The Labute approximate surface area is 169 Å². The van der Waals surface area contributed by atoms with Crippen LogP contribution in [-0.4, -0.2) is 56.7 Å². The molecule has 2 aromatic heterocycles. The lowest BCUT2D eigenvalue weighted by atomic mass is 9.88. The number of aromatic nitrogens is 3. The molecule has 0 unspecified atom stereocenters. The molecule has 2 aliphatic rings. The van der Waals surface area contributed by atoms with Gasteiger partial charge in [-0.05, 0) is 25.3 Å². The van der Waals surface area contributed by atoms with Gasteiger partial charge in [-0.3, -0.25) is 14.4 Å². The van der Waals surface area contributed by atoms with Crippen molar-refractivity contribution in [2.24, 2.45) is 18.9 Å². The predicted molar refractivity (Wildman–Crippen MR) is 106 cm³/mol. The molecular formula is C20H26N6OS. The summed E-state index contributed by atoms with van der Waals surface area (Å²) in [6.45, 7) is 5.86. The summed E-state index contributed by atoms with van der Waals surface area (Å²) >= 11 is 1.72. The largest absolute Gasteiger partial charge is 0.342 e. The number of thiazole rings is 1. The molecule has 0 bridgehead atoms. The van der Waals surface area contributed by atoms with E-state index in [0.717, 1.165) is 43.0 Å². The van der Waals surface area contributed by atoms with Gasteiger partial charge in [0.25, 0.3) is 0 Å². The lowest BCUT2D eigenvalue weighted by Crippen LogP contribution is -2.43. The highest BCUT2D eigenvalue weighted by molar-refractivity contribution is 7.11. The molecule has 7 nitrogen and oxygen atoms in total. The SMILES string of the molecule is Cc1ncc(CN2C[C@H](C(=O)N3CCC(C#N)CC3)[C@@H](c3cnn(C)c3)C2)s1. The van der Waals surface area contributed by atoms with Gasteiger partial charge in [-0.2, -0.15) is 10.4 Å². The second kappa shape index (κ2) is 8.02. The number of hydrogen-bond donors (Lipinski definition) is 0. The maximum absolute atomic E-state index is 13.4. The molecule has 28 heavy (non-hydrogen) atoms. The van der Waals surface area contributed by atoms with Crippen LogP contribution in [0.15, 0.2) is 18.6 Å². The number of nitrogens with zero attached hydrogens (tertiary/aromatic N) is 6.